The van der Waals surface area contributed by atoms with Crippen LogP contribution in [0, 0.1) is 0 Å². The van der Waals surface area contributed by atoms with Crippen molar-refractivity contribution in [2.45, 2.75) is 26.1 Å². The molecule has 0 aliphatic carbocycles. The van der Waals surface area contributed by atoms with E-state index in [9.17, 15) is 13.2 Å². The highest BCUT2D eigenvalue weighted by atomic mass is 32.1. The zero-order valence-electron chi connectivity index (χ0n) is 9.43. The fourth-order valence-corrected chi connectivity index (χ4v) is 1.61. The number of rotatable bonds is 2. The molecule has 0 radical (unpaired) electrons. The van der Waals surface area contributed by atoms with Crippen molar-refractivity contribution in [1.29, 1.82) is 0 Å². The van der Waals surface area contributed by atoms with E-state index in [-0.39, 0.29) is 16.8 Å². The summed E-state index contributed by atoms with van der Waals surface area (Å²) in [6.07, 6.45) is -4.39. The maximum Gasteiger partial charge on any atom is 0.418 e. The van der Waals surface area contributed by atoms with E-state index in [2.05, 4.69) is 10.6 Å². The molecule has 0 unspecified atom stereocenters. The van der Waals surface area contributed by atoms with Gasteiger partial charge < -0.3 is 10.6 Å². The van der Waals surface area contributed by atoms with E-state index in [1.54, 1.807) is 0 Å². The van der Waals surface area contributed by atoms with Crippen molar-refractivity contribution >= 4 is 23.0 Å². The second-order valence-electron chi connectivity index (χ2n) is 3.80. The van der Waals surface area contributed by atoms with Crippen molar-refractivity contribution in [2.75, 3.05) is 5.32 Å². The van der Waals surface area contributed by atoms with E-state index in [4.69, 9.17) is 12.2 Å². The van der Waals surface area contributed by atoms with E-state index in [0.29, 0.717) is 0 Å². The van der Waals surface area contributed by atoms with Crippen LogP contribution in [0.4, 0.5) is 18.9 Å². The molecule has 0 saturated heterocycles. The third kappa shape index (κ3) is 4.22. The number of benzene rings is 1. The SMILES string of the molecule is CC(C)NC(=S)Nc1ccccc1C(F)(F)F. The molecule has 0 aliphatic heterocycles. The predicted octanol–water partition coefficient (Wildman–Crippen LogP) is 3.40. The van der Waals surface area contributed by atoms with Crippen molar-refractivity contribution in [3.8, 4) is 0 Å². The number of nitrogens with one attached hydrogen (secondary N) is 2. The van der Waals surface area contributed by atoms with Crippen molar-refractivity contribution in [3.63, 3.8) is 0 Å². The lowest BCUT2D eigenvalue weighted by atomic mass is 10.1. The van der Waals surface area contributed by atoms with Crippen LogP contribution in [0.25, 0.3) is 0 Å². The molecule has 1 aromatic carbocycles. The lowest BCUT2D eigenvalue weighted by Crippen LogP contribution is -2.34. The van der Waals surface area contributed by atoms with Crippen molar-refractivity contribution in [2.24, 2.45) is 0 Å². The Morgan fingerprint density at radius 2 is 1.82 bits per heavy atom. The normalized spacial score (nSPS) is 11.4. The van der Waals surface area contributed by atoms with E-state index in [0.717, 1.165) is 6.07 Å². The summed E-state index contributed by atoms with van der Waals surface area (Å²) in [5.74, 6) is 0. The van der Waals surface area contributed by atoms with Crippen molar-refractivity contribution < 1.29 is 13.2 Å². The molecular formula is C11H13F3N2S. The third-order valence-corrected chi connectivity index (χ3v) is 2.12. The second-order valence-corrected chi connectivity index (χ2v) is 4.20. The standard InChI is InChI=1S/C11H13F3N2S/c1-7(2)15-10(17)16-9-6-4-3-5-8(9)11(12,13)14/h3-7H,1-2H3,(H2,15,16,17). The minimum Gasteiger partial charge on any atom is -0.360 e. The summed E-state index contributed by atoms with van der Waals surface area (Å²) < 4.78 is 38.0. The number of hydrogen-bond acceptors (Lipinski definition) is 1. The van der Waals surface area contributed by atoms with E-state index in [1.807, 2.05) is 13.8 Å². The monoisotopic (exact) mass is 262 g/mol. The van der Waals surface area contributed by atoms with Gasteiger partial charge in [0.1, 0.15) is 0 Å². The second kappa shape index (κ2) is 5.35. The Bertz CT molecular complexity index is 402. The Kier molecular flexibility index (Phi) is 4.34. The van der Waals surface area contributed by atoms with Gasteiger partial charge in [0.25, 0.3) is 0 Å². The molecule has 0 fully saturated rings. The first-order valence-corrected chi connectivity index (χ1v) is 5.45. The quantitative estimate of drug-likeness (QED) is 0.799. The zero-order valence-corrected chi connectivity index (χ0v) is 10.2. The van der Waals surface area contributed by atoms with E-state index >= 15 is 0 Å². The largest absolute Gasteiger partial charge is 0.418 e. The van der Waals surface area contributed by atoms with Gasteiger partial charge in [0, 0.05) is 6.04 Å². The lowest BCUT2D eigenvalue weighted by Gasteiger charge is -2.17. The highest BCUT2D eigenvalue weighted by Gasteiger charge is 2.33. The van der Waals surface area contributed by atoms with E-state index < -0.39 is 11.7 Å². The molecule has 0 bridgehead atoms. The molecule has 17 heavy (non-hydrogen) atoms. The molecule has 1 rings (SSSR count). The van der Waals surface area contributed by atoms with Crippen LogP contribution in [0.2, 0.25) is 0 Å². The van der Waals surface area contributed by atoms with Gasteiger partial charge in [-0.25, -0.2) is 0 Å². The Morgan fingerprint density at radius 3 is 2.35 bits per heavy atom. The number of para-hydroxylation sites is 1. The molecule has 2 nitrogen and oxygen atoms in total. The molecule has 0 saturated carbocycles. The molecule has 0 heterocycles. The summed E-state index contributed by atoms with van der Waals surface area (Å²) >= 11 is 4.91. The van der Waals surface area contributed by atoms with Crippen LogP contribution in [-0.4, -0.2) is 11.2 Å². The fourth-order valence-electron chi connectivity index (χ4n) is 1.26. The highest BCUT2D eigenvalue weighted by molar-refractivity contribution is 7.80. The van der Waals surface area contributed by atoms with Crippen molar-refractivity contribution in [1.82, 2.24) is 5.32 Å². The average Bonchev–Trinajstić information content (AvgIpc) is 2.15. The van der Waals surface area contributed by atoms with Gasteiger partial charge in [0.15, 0.2) is 5.11 Å². The number of halogens is 3. The van der Waals surface area contributed by atoms with Gasteiger partial charge in [0.2, 0.25) is 0 Å². The Hall–Kier alpha value is -1.30. The smallest absolute Gasteiger partial charge is 0.360 e. The topological polar surface area (TPSA) is 24.1 Å². The Morgan fingerprint density at radius 1 is 1.24 bits per heavy atom. The van der Waals surface area contributed by atoms with Crippen LogP contribution in [0.3, 0.4) is 0 Å². The molecule has 0 amide bonds. The van der Waals surface area contributed by atoms with Crippen molar-refractivity contribution in [3.05, 3.63) is 29.8 Å². The minimum absolute atomic E-state index is 0.0434. The van der Waals surface area contributed by atoms with Crippen LogP contribution < -0.4 is 10.6 Å². The first-order chi connectivity index (χ1) is 7.80. The van der Waals surface area contributed by atoms with Gasteiger partial charge in [0.05, 0.1) is 11.3 Å². The minimum atomic E-state index is -4.39. The Labute approximate surface area is 103 Å². The number of alkyl halides is 3. The fraction of sp³-hybridized carbons (Fsp3) is 0.364. The molecule has 0 spiro atoms. The Balaban J connectivity index is 2.88. The van der Waals surface area contributed by atoms with Gasteiger partial charge in [-0.15, -0.1) is 0 Å². The van der Waals surface area contributed by atoms with Gasteiger partial charge in [-0.1, -0.05) is 12.1 Å². The number of thiocarbonyl (C=S) groups is 1. The van der Waals surface area contributed by atoms with Crippen LogP contribution >= 0.6 is 12.2 Å². The van der Waals surface area contributed by atoms with Gasteiger partial charge in [-0.2, -0.15) is 13.2 Å². The summed E-state index contributed by atoms with van der Waals surface area (Å²) in [7, 11) is 0. The summed E-state index contributed by atoms with van der Waals surface area (Å²) in [5, 5.41) is 5.55. The summed E-state index contributed by atoms with van der Waals surface area (Å²) in [4.78, 5) is 0. The summed E-state index contributed by atoms with van der Waals surface area (Å²) in [6, 6.07) is 5.29. The number of hydrogen-bond donors (Lipinski definition) is 2. The molecule has 1 aromatic rings. The summed E-state index contributed by atoms with van der Waals surface area (Å²) in [6.45, 7) is 3.70. The van der Waals surface area contributed by atoms with Gasteiger partial charge in [-0.3, -0.25) is 0 Å². The molecule has 6 heteroatoms. The molecule has 94 valence electrons. The van der Waals surface area contributed by atoms with E-state index in [1.165, 1.54) is 18.2 Å². The zero-order chi connectivity index (χ0) is 13.1. The van der Waals surface area contributed by atoms with Crippen LogP contribution in [0.1, 0.15) is 19.4 Å². The van der Waals surface area contributed by atoms with Gasteiger partial charge >= 0.3 is 6.18 Å². The van der Waals surface area contributed by atoms with Gasteiger partial charge in [-0.05, 0) is 38.2 Å². The first kappa shape index (κ1) is 13.8. The number of anilines is 1. The maximum absolute atomic E-state index is 12.7. The molecular weight excluding hydrogens is 249 g/mol. The summed E-state index contributed by atoms with van der Waals surface area (Å²) in [5.41, 5.74) is -0.772. The maximum atomic E-state index is 12.7. The molecule has 0 aliphatic rings. The predicted molar refractivity (Wildman–Crippen MR) is 65.9 cm³/mol. The lowest BCUT2D eigenvalue weighted by molar-refractivity contribution is -0.136. The average molecular weight is 262 g/mol. The third-order valence-electron chi connectivity index (χ3n) is 1.90. The molecule has 0 aromatic heterocycles. The molecule has 0 atom stereocenters. The first-order valence-electron chi connectivity index (χ1n) is 5.04. The molecule has 2 N–H and O–H groups in total. The van der Waals surface area contributed by atoms with Crippen LogP contribution in [-0.2, 0) is 6.18 Å². The highest BCUT2D eigenvalue weighted by Crippen LogP contribution is 2.34. The van der Waals surface area contributed by atoms with Crippen LogP contribution in [0.15, 0.2) is 24.3 Å². The van der Waals surface area contributed by atoms with Crippen LogP contribution in [0.5, 0.6) is 0 Å².